The van der Waals surface area contributed by atoms with Gasteiger partial charge in [-0.15, -0.1) is 10.2 Å². The standard InChI is InChI=1S/C26H18Cl3FN6O2S2/c27-12-7-8-17(15(29)9-12)33-20(38)11-39-26-35-34-25(40-26)36-18-5-2-6-19(37)23(18)21(13(10-31)24(36)32)22-14(28)3-1-4-16(22)30/h1,3-4,7-9,21H,2,5-6,11,32H2,(H,33,38). The van der Waals surface area contributed by atoms with Crippen LogP contribution >= 0.6 is 57.9 Å². The molecule has 2 aromatic carbocycles. The second-order valence-electron chi connectivity index (χ2n) is 8.76. The number of aromatic nitrogens is 2. The van der Waals surface area contributed by atoms with E-state index >= 15 is 4.39 Å². The van der Waals surface area contributed by atoms with Crippen LogP contribution in [-0.4, -0.2) is 27.6 Å². The Labute approximate surface area is 251 Å². The Hall–Kier alpha value is -3.14. The molecule has 0 bridgehead atoms. The number of nitrogens with zero attached hydrogens (tertiary/aromatic N) is 4. The molecule has 1 aromatic heterocycles. The van der Waals surface area contributed by atoms with Crippen molar-refractivity contribution in [1.29, 1.82) is 5.26 Å². The number of carbonyl (C=O) groups excluding carboxylic acids is 2. The summed E-state index contributed by atoms with van der Waals surface area (Å²) >= 11 is 20.7. The van der Waals surface area contributed by atoms with Crippen molar-refractivity contribution in [3.05, 3.63) is 85.5 Å². The summed E-state index contributed by atoms with van der Waals surface area (Å²) in [7, 11) is 0. The molecule has 0 saturated carbocycles. The first-order valence-corrected chi connectivity index (χ1v) is 14.7. The van der Waals surface area contributed by atoms with Crippen molar-refractivity contribution in [1.82, 2.24) is 10.2 Å². The third-order valence-corrected chi connectivity index (χ3v) is 9.24. The van der Waals surface area contributed by atoms with Gasteiger partial charge in [-0.05, 0) is 43.2 Å². The molecule has 1 aliphatic carbocycles. The van der Waals surface area contributed by atoms with Crippen LogP contribution in [0.5, 0.6) is 0 Å². The van der Waals surface area contributed by atoms with Gasteiger partial charge in [-0.25, -0.2) is 4.39 Å². The van der Waals surface area contributed by atoms with Crippen molar-refractivity contribution in [2.24, 2.45) is 5.73 Å². The number of nitriles is 1. The number of Topliss-reactive ketones (excluding diaryl/α,β-unsaturated/α-hetero) is 1. The first-order valence-electron chi connectivity index (χ1n) is 11.8. The minimum absolute atomic E-state index is 0.00961. The lowest BCUT2D eigenvalue weighted by Crippen LogP contribution is -2.39. The molecule has 2 aliphatic rings. The Balaban J connectivity index is 1.44. The highest BCUT2D eigenvalue weighted by Gasteiger charge is 2.43. The zero-order chi connectivity index (χ0) is 28.6. The van der Waals surface area contributed by atoms with Gasteiger partial charge in [0.05, 0.1) is 34.0 Å². The molecule has 5 rings (SSSR count). The average molecular weight is 636 g/mol. The quantitative estimate of drug-likeness (QED) is 0.288. The lowest BCUT2D eigenvalue weighted by atomic mass is 9.75. The van der Waals surface area contributed by atoms with Gasteiger partial charge in [-0.2, -0.15) is 5.26 Å². The Kier molecular flexibility index (Phi) is 8.35. The molecule has 0 saturated heterocycles. The van der Waals surface area contributed by atoms with Crippen LogP contribution in [0.2, 0.25) is 15.1 Å². The summed E-state index contributed by atoms with van der Waals surface area (Å²) in [5.41, 5.74) is 7.76. The number of rotatable bonds is 6. The van der Waals surface area contributed by atoms with Gasteiger partial charge in [-0.3, -0.25) is 14.5 Å². The van der Waals surface area contributed by atoms with Crippen molar-refractivity contribution in [3.63, 3.8) is 0 Å². The number of halogens is 4. The lowest BCUT2D eigenvalue weighted by Gasteiger charge is -2.38. The van der Waals surface area contributed by atoms with Crippen LogP contribution in [0.25, 0.3) is 0 Å². The zero-order valence-corrected chi connectivity index (χ0v) is 24.3. The number of carbonyl (C=O) groups is 2. The van der Waals surface area contributed by atoms with Gasteiger partial charge in [0.15, 0.2) is 10.1 Å². The third kappa shape index (κ3) is 5.42. The predicted molar refractivity (Wildman–Crippen MR) is 155 cm³/mol. The molecule has 1 unspecified atom stereocenters. The summed E-state index contributed by atoms with van der Waals surface area (Å²) in [5.74, 6) is -2.17. The monoisotopic (exact) mass is 634 g/mol. The van der Waals surface area contributed by atoms with Crippen molar-refractivity contribution in [3.8, 4) is 6.07 Å². The van der Waals surface area contributed by atoms with E-state index in [1.54, 1.807) is 12.1 Å². The molecule has 1 aliphatic heterocycles. The second kappa shape index (κ2) is 11.8. The first kappa shape index (κ1) is 28.4. The van der Waals surface area contributed by atoms with Crippen LogP contribution in [-0.2, 0) is 9.59 Å². The third-order valence-electron chi connectivity index (χ3n) is 6.32. The summed E-state index contributed by atoms with van der Waals surface area (Å²) in [4.78, 5) is 27.3. The zero-order valence-electron chi connectivity index (χ0n) is 20.4. The van der Waals surface area contributed by atoms with Crippen molar-refractivity contribution >= 4 is 80.4 Å². The molecular weight excluding hydrogens is 618 g/mol. The van der Waals surface area contributed by atoms with Gasteiger partial charge < -0.3 is 11.1 Å². The molecule has 40 heavy (non-hydrogen) atoms. The highest BCUT2D eigenvalue weighted by atomic mass is 35.5. The first-order chi connectivity index (χ1) is 19.2. The summed E-state index contributed by atoms with van der Waals surface area (Å²) in [6.07, 6.45) is 1.25. The molecule has 14 heteroatoms. The number of anilines is 2. The Morgan fingerprint density at radius 2 is 2.02 bits per heavy atom. The number of nitrogens with two attached hydrogens (primary N) is 1. The molecule has 3 N–H and O–H groups in total. The Morgan fingerprint density at radius 1 is 1.23 bits per heavy atom. The number of amides is 1. The van der Waals surface area contributed by atoms with Gasteiger partial charge in [0.2, 0.25) is 11.0 Å². The SMILES string of the molecule is N#CC1=C(N)N(c2nnc(SCC(=O)Nc3ccc(Cl)cc3Cl)s2)C2=C(C(=O)CCC2)C1c1c(F)cccc1Cl. The highest BCUT2D eigenvalue weighted by Crippen LogP contribution is 2.49. The minimum atomic E-state index is -1.04. The van der Waals surface area contributed by atoms with E-state index in [1.165, 1.54) is 29.2 Å². The molecule has 0 radical (unpaired) electrons. The van der Waals surface area contributed by atoms with E-state index in [4.69, 9.17) is 40.5 Å². The normalized spacial score (nSPS) is 17.1. The van der Waals surface area contributed by atoms with Crippen molar-refractivity contribution in [2.45, 2.75) is 29.5 Å². The fourth-order valence-electron chi connectivity index (χ4n) is 4.64. The van der Waals surface area contributed by atoms with Gasteiger partial charge >= 0.3 is 0 Å². The largest absolute Gasteiger partial charge is 0.384 e. The van der Waals surface area contributed by atoms with Crippen molar-refractivity contribution < 1.29 is 14.0 Å². The molecule has 1 amide bonds. The molecular formula is C26H18Cl3FN6O2S2. The number of hydrogen-bond donors (Lipinski definition) is 2. The smallest absolute Gasteiger partial charge is 0.234 e. The summed E-state index contributed by atoms with van der Waals surface area (Å²) in [5, 5.41) is 22.4. The number of nitrogens with one attached hydrogen (secondary N) is 1. The highest BCUT2D eigenvalue weighted by molar-refractivity contribution is 8.01. The molecule has 204 valence electrons. The fraction of sp³-hybridized carbons (Fsp3) is 0.192. The van der Waals surface area contributed by atoms with Crippen molar-refractivity contribution in [2.75, 3.05) is 16.0 Å². The summed E-state index contributed by atoms with van der Waals surface area (Å²) < 4.78 is 15.5. The van der Waals surface area contributed by atoms with Gasteiger partial charge in [0.25, 0.3) is 0 Å². The predicted octanol–water partition coefficient (Wildman–Crippen LogP) is 6.67. The van der Waals surface area contributed by atoms with E-state index in [9.17, 15) is 14.9 Å². The lowest BCUT2D eigenvalue weighted by molar-refractivity contribution is -0.116. The van der Waals surface area contributed by atoms with Crippen LogP contribution in [0.4, 0.5) is 15.2 Å². The molecule has 8 nitrogen and oxygen atoms in total. The number of thioether (sulfide) groups is 1. The number of allylic oxidation sites excluding steroid dienone is 3. The minimum Gasteiger partial charge on any atom is -0.384 e. The van der Waals surface area contributed by atoms with E-state index in [0.717, 1.165) is 23.1 Å². The number of benzene rings is 2. The fourth-order valence-corrected chi connectivity index (χ4v) is 7.04. The van der Waals surface area contributed by atoms with Crippen LogP contribution < -0.4 is 16.0 Å². The van der Waals surface area contributed by atoms with Gasteiger partial charge in [0.1, 0.15) is 11.6 Å². The number of ketones is 1. The molecule has 0 fully saturated rings. The van der Waals surface area contributed by atoms with E-state index in [2.05, 4.69) is 21.6 Å². The van der Waals surface area contributed by atoms with E-state index in [0.29, 0.717) is 43.7 Å². The van der Waals surface area contributed by atoms with Crippen LogP contribution in [0, 0.1) is 17.1 Å². The van der Waals surface area contributed by atoms with E-state index < -0.39 is 11.7 Å². The van der Waals surface area contributed by atoms with Crippen LogP contribution in [0.3, 0.4) is 0 Å². The van der Waals surface area contributed by atoms with E-state index in [1.807, 2.05) is 0 Å². The molecule has 3 aromatic rings. The molecule has 1 atom stereocenters. The Bertz CT molecular complexity index is 1630. The molecule has 0 spiro atoms. The van der Waals surface area contributed by atoms with Crippen LogP contribution in [0.1, 0.15) is 30.7 Å². The summed E-state index contributed by atoms with van der Waals surface area (Å²) in [6, 6.07) is 11.0. The maximum absolute atomic E-state index is 15.0. The summed E-state index contributed by atoms with van der Waals surface area (Å²) in [6.45, 7) is 0. The average Bonchev–Trinajstić information content (AvgIpc) is 3.37. The Morgan fingerprint density at radius 3 is 2.75 bits per heavy atom. The maximum Gasteiger partial charge on any atom is 0.234 e. The number of hydrogen-bond acceptors (Lipinski definition) is 9. The molecule has 2 heterocycles. The topological polar surface area (TPSA) is 125 Å². The van der Waals surface area contributed by atoms with Gasteiger partial charge in [0, 0.05) is 33.3 Å². The second-order valence-corrected chi connectivity index (χ2v) is 12.2. The van der Waals surface area contributed by atoms with Crippen LogP contribution in [0.15, 0.2) is 63.4 Å². The van der Waals surface area contributed by atoms with Gasteiger partial charge in [-0.1, -0.05) is 64.0 Å². The maximum atomic E-state index is 15.0. The van der Waals surface area contributed by atoms with E-state index in [-0.39, 0.29) is 51.4 Å².